The highest BCUT2D eigenvalue weighted by Gasteiger charge is 2.18. The number of benzene rings is 1. The highest BCUT2D eigenvalue weighted by Crippen LogP contribution is 2.21. The van der Waals surface area contributed by atoms with Gasteiger partial charge in [-0.25, -0.2) is 9.78 Å². The van der Waals surface area contributed by atoms with Crippen molar-refractivity contribution in [2.24, 2.45) is 0 Å². The van der Waals surface area contributed by atoms with Crippen LogP contribution in [0.15, 0.2) is 34.9 Å². The van der Waals surface area contributed by atoms with E-state index >= 15 is 0 Å². The first-order valence-corrected chi connectivity index (χ1v) is 7.62. The van der Waals surface area contributed by atoms with Gasteiger partial charge < -0.3 is 9.15 Å². The number of carbonyl (C=O) groups is 1. The summed E-state index contributed by atoms with van der Waals surface area (Å²) in [6, 6.07) is 7.71. The van der Waals surface area contributed by atoms with Crippen LogP contribution in [0.2, 0.25) is 5.02 Å². The van der Waals surface area contributed by atoms with E-state index in [1.54, 1.807) is 20.0 Å². The molecule has 0 aliphatic heterocycles. The molecule has 0 atom stereocenters. The van der Waals surface area contributed by atoms with Crippen LogP contribution in [0.3, 0.4) is 0 Å². The average Bonchev–Trinajstić information content (AvgIpc) is 2.87. The fraction of sp³-hybridized carbons (Fsp3) is 0.235. The molecule has 0 spiro atoms. The number of oxazole rings is 1. The molecule has 1 aromatic carbocycles. The van der Waals surface area contributed by atoms with Gasteiger partial charge in [0.15, 0.2) is 5.89 Å². The van der Waals surface area contributed by atoms with Gasteiger partial charge in [0.05, 0.1) is 22.8 Å². The fourth-order valence-corrected chi connectivity index (χ4v) is 2.52. The Kier molecular flexibility index (Phi) is 4.30. The summed E-state index contributed by atoms with van der Waals surface area (Å²) in [4.78, 5) is 20.3. The molecule has 0 radical (unpaired) electrons. The van der Waals surface area contributed by atoms with E-state index in [9.17, 15) is 4.79 Å². The number of hydrogen-bond acceptors (Lipinski definition) is 5. The molecule has 5 nitrogen and oxygen atoms in total. The highest BCUT2D eigenvalue weighted by molar-refractivity contribution is 6.31. The molecular formula is C17H15ClN2O3. The van der Waals surface area contributed by atoms with Crippen LogP contribution in [0.4, 0.5) is 0 Å². The maximum absolute atomic E-state index is 11.8. The van der Waals surface area contributed by atoms with Crippen molar-refractivity contribution in [1.82, 2.24) is 9.97 Å². The van der Waals surface area contributed by atoms with E-state index in [1.807, 2.05) is 24.3 Å². The summed E-state index contributed by atoms with van der Waals surface area (Å²) < 4.78 is 10.5. The Hall–Kier alpha value is -2.40. The summed E-state index contributed by atoms with van der Waals surface area (Å²) in [6.07, 6.45) is 2.09. The Morgan fingerprint density at radius 3 is 2.96 bits per heavy atom. The SMILES string of the molecule is CCOC(=O)c1oc(Cc2ccc3ncc(Cl)cc3c2)nc1C. The van der Waals surface area contributed by atoms with Crippen molar-refractivity contribution in [3.8, 4) is 0 Å². The molecule has 0 N–H and O–H groups in total. The van der Waals surface area contributed by atoms with Crippen molar-refractivity contribution in [2.75, 3.05) is 6.61 Å². The van der Waals surface area contributed by atoms with Crippen molar-refractivity contribution in [2.45, 2.75) is 20.3 Å². The standard InChI is InChI=1S/C17H15ClN2O3/c1-3-22-17(21)16-10(2)20-15(23-16)7-11-4-5-14-12(6-11)8-13(18)9-19-14/h4-6,8-9H,3,7H2,1-2H3. The normalized spacial score (nSPS) is 10.9. The molecule has 3 rings (SSSR count). The Labute approximate surface area is 138 Å². The summed E-state index contributed by atoms with van der Waals surface area (Å²) in [5, 5.41) is 1.54. The van der Waals surface area contributed by atoms with E-state index in [-0.39, 0.29) is 5.76 Å². The number of pyridine rings is 1. The molecule has 3 aromatic rings. The molecule has 2 heterocycles. The number of rotatable bonds is 4. The molecule has 6 heteroatoms. The molecule has 0 aliphatic carbocycles. The van der Waals surface area contributed by atoms with Gasteiger partial charge in [-0.3, -0.25) is 4.98 Å². The summed E-state index contributed by atoms with van der Waals surface area (Å²) in [5.74, 6) is 0.144. The van der Waals surface area contributed by atoms with Gasteiger partial charge >= 0.3 is 5.97 Å². The second-order valence-corrected chi connectivity index (χ2v) is 5.54. The van der Waals surface area contributed by atoms with Gasteiger partial charge in [-0.15, -0.1) is 0 Å². The molecular weight excluding hydrogens is 316 g/mol. The number of carbonyl (C=O) groups excluding carboxylic acids is 1. The summed E-state index contributed by atoms with van der Waals surface area (Å²) >= 11 is 5.98. The van der Waals surface area contributed by atoms with Gasteiger partial charge in [-0.2, -0.15) is 0 Å². The Bertz CT molecular complexity index is 873. The second kappa shape index (κ2) is 6.38. The van der Waals surface area contributed by atoms with Crippen LogP contribution in [0.25, 0.3) is 10.9 Å². The zero-order chi connectivity index (χ0) is 16.4. The van der Waals surface area contributed by atoms with Gasteiger partial charge in [0.2, 0.25) is 5.76 Å². The predicted molar refractivity (Wildman–Crippen MR) is 86.8 cm³/mol. The van der Waals surface area contributed by atoms with E-state index in [4.69, 9.17) is 20.8 Å². The van der Waals surface area contributed by atoms with E-state index in [1.165, 1.54) is 0 Å². The Morgan fingerprint density at radius 1 is 1.35 bits per heavy atom. The number of nitrogens with zero attached hydrogens (tertiary/aromatic N) is 2. The quantitative estimate of drug-likeness (QED) is 0.678. The van der Waals surface area contributed by atoms with Crippen molar-refractivity contribution < 1.29 is 13.9 Å². The van der Waals surface area contributed by atoms with Crippen molar-refractivity contribution in [1.29, 1.82) is 0 Å². The number of hydrogen-bond donors (Lipinski definition) is 0. The first-order valence-electron chi connectivity index (χ1n) is 7.24. The zero-order valence-corrected chi connectivity index (χ0v) is 13.6. The number of ether oxygens (including phenoxy) is 1. The summed E-state index contributed by atoms with van der Waals surface area (Å²) in [5.41, 5.74) is 2.40. The Balaban J connectivity index is 1.87. The van der Waals surface area contributed by atoms with Crippen LogP contribution >= 0.6 is 11.6 Å². The average molecular weight is 331 g/mol. The number of halogens is 1. The van der Waals surface area contributed by atoms with Crippen molar-refractivity contribution in [3.63, 3.8) is 0 Å². The lowest BCUT2D eigenvalue weighted by Gasteiger charge is -2.02. The van der Waals surface area contributed by atoms with Crippen LogP contribution in [-0.2, 0) is 11.2 Å². The summed E-state index contributed by atoms with van der Waals surface area (Å²) in [6.45, 7) is 3.77. The monoisotopic (exact) mass is 330 g/mol. The molecule has 2 aromatic heterocycles. The third-order valence-corrected chi connectivity index (χ3v) is 3.58. The van der Waals surface area contributed by atoms with Crippen LogP contribution in [0.5, 0.6) is 0 Å². The van der Waals surface area contributed by atoms with Gasteiger partial charge in [0.1, 0.15) is 0 Å². The van der Waals surface area contributed by atoms with Gasteiger partial charge in [-0.05, 0) is 37.6 Å². The lowest BCUT2D eigenvalue weighted by Crippen LogP contribution is -2.04. The zero-order valence-electron chi connectivity index (χ0n) is 12.8. The topological polar surface area (TPSA) is 65.2 Å². The first-order chi connectivity index (χ1) is 11.1. The maximum Gasteiger partial charge on any atom is 0.376 e. The molecule has 23 heavy (non-hydrogen) atoms. The van der Waals surface area contributed by atoms with Gasteiger partial charge in [0, 0.05) is 18.0 Å². The molecule has 0 fully saturated rings. The smallest absolute Gasteiger partial charge is 0.376 e. The minimum atomic E-state index is -0.488. The highest BCUT2D eigenvalue weighted by atomic mass is 35.5. The van der Waals surface area contributed by atoms with E-state index in [2.05, 4.69) is 9.97 Å². The van der Waals surface area contributed by atoms with Crippen LogP contribution in [0.1, 0.15) is 34.6 Å². The lowest BCUT2D eigenvalue weighted by molar-refractivity contribution is 0.0487. The van der Waals surface area contributed by atoms with Crippen molar-refractivity contribution >= 4 is 28.5 Å². The fourth-order valence-electron chi connectivity index (χ4n) is 2.35. The minimum absolute atomic E-state index is 0.160. The molecule has 118 valence electrons. The van der Waals surface area contributed by atoms with E-state index < -0.39 is 5.97 Å². The minimum Gasteiger partial charge on any atom is -0.460 e. The van der Waals surface area contributed by atoms with E-state index in [0.29, 0.717) is 29.6 Å². The Morgan fingerprint density at radius 2 is 2.17 bits per heavy atom. The number of aromatic nitrogens is 2. The molecule has 0 bridgehead atoms. The summed E-state index contributed by atoms with van der Waals surface area (Å²) in [7, 11) is 0. The number of fused-ring (bicyclic) bond motifs is 1. The third-order valence-electron chi connectivity index (χ3n) is 3.37. The van der Waals surface area contributed by atoms with Gasteiger partial charge in [0.25, 0.3) is 0 Å². The van der Waals surface area contributed by atoms with Crippen LogP contribution < -0.4 is 0 Å². The van der Waals surface area contributed by atoms with E-state index in [0.717, 1.165) is 16.5 Å². The molecule has 0 unspecified atom stereocenters. The molecule has 0 saturated carbocycles. The molecule has 0 aliphatic rings. The molecule has 0 saturated heterocycles. The van der Waals surface area contributed by atoms with Gasteiger partial charge in [-0.1, -0.05) is 17.7 Å². The first kappa shape index (κ1) is 15.5. The number of esters is 1. The van der Waals surface area contributed by atoms with Crippen LogP contribution in [-0.4, -0.2) is 22.5 Å². The largest absolute Gasteiger partial charge is 0.460 e. The predicted octanol–water partition coefficient (Wildman–Crippen LogP) is 3.95. The maximum atomic E-state index is 11.8. The second-order valence-electron chi connectivity index (χ2n) is 5.10. The number of aryl methyl sites for hydroxylation is 1. The lowest BCUT2D eigenvalue weighted by atomic mass is 10.1. The van der Waals surface area contributed by atoms with Crippen LogP contribution in [0, 0.1) is 6.92 Å². The third kappa shape index (κ3) is 3.35. The molecule has 0 amide bonds. The van der Waals surface area contributed by atoms with Crippen molar-refractivity contribution in [3.05, 3.63) is 58.4 Å².